The summed E-state index contributed by atoms with van der Waals surface area (Å²) in [7, 11) is 2.08. The highest BCUT2D eigenvalue weighted by molar-refractivity contribution is 5.55. The molecular weight excluding hydrogens is 272 g/mol. The van der Waals surface area contributed by atoms with Crippen molar-refractivity contribution in [2.45, 2.75) is 20.0 Å². The molecule has 0 unspecified atom stereocenters. The largest absolute Gasteiger partial charge is 0.439 e. The van der Waals surface area contributed by atoms with Gasteiger partial charge in [0.25, 0.3) is 0 Å². The number of oxazole rings is 1. The van der Waals surface area contributed by atoms with E-state index in [1.807, 2.05) is 30.3 Å². The van der Waals surface area contributed by atoms with Crippen LogP contribution in [0.15, 0.2) is 65.2 Å². The van der Waals surface area contributed by atoms with E-state index in [-0.39, 0.29) is 0 Å². The van der Waals surface area contributed by atoms with Crippen LogP contribution < -0.4 is 0 Å². The Hall–Kier alpha value is -2.39. The van der Waals surface area contributed by atoms with Gasteiger partial charge in [0.1, 0.15) is 0 Å². The van der Waals surface area contributed by atoms with Crippen LogP contribution in [0.3, 0.4) is 0 Å². The lowest BCUT2D eigenvalue weighted by atomic mass is 10.1. The number of hydrogen-bond donors (Lipinski definition) is 0. The third kappa shape index (κ3) is 3.43. The second kappa shape index (κ2) is 6.58. The van der Waals surface area contributed by atoms with E-state index in [1.54, 1.807) is 6.20 Å². The summed E-state index contributed by atoms with van der Waals surface area (Å²) in [6.07, 6.45) is 1.80. The smallest absolute Gasteiger partial charge is 0.209 e. The Balaban J connectivity index is 1.66. The maximum absolute atomic E-state index is 5.86. The minimum absolute atomic E-state index is 0.696. The molecule has 0 spiro atoms. The average Bonchev–Trinajstić information content (AvgIpc) is 2.99. The third-order valence-corrected chi connectivity index (χ3v) is 3.72. The van der Waals surface area contributed by atoms with Gasteiger partial charge in [0, 0.05) is 12.1 Å². The summed E-state index contributed by atoms with van der Waals surface area (Å²) in [5.74, 6) is 1.56. The molecule has 0 aliphatic heterocycles. The molecule has 0 saturated carbocycles. The van der Waals surface area contributed by atoms with E-state index in [9.17, 15) is 0 Å². The average molecular weight is 292 g/mol. The molecule has 0 fully saturated rings. The van der Waals surface area contributed by atoms with Crippen LogP contribution in [0.25, 0.3) is 11.3 Å². The first-order chi connectivity index (χ1) is 10.7. The lowest BCUT2D eigenvalue weighted by molar-refractivity contribution is 0.282. The highest BCUT2D eigenvalue weighted by Crippen LogP contribution is 2.20. The van der Waals surface area contributed by atoms with Gasteiger partial charge in [0.05, 0.1) is 12.7 Å². The second-order valence-corrected chi connectivity index (χ2v) is 5.58. The zero-order valence-electron chi connectivity index (χ0n) is 13.0. The van der Waals surface area contributed by atoms with Gasteiger partial charge in [0.2, 0.25) is 5.89 Å². The lowest BCUT2D eigenvalue weighted by Crippen LogP contribution is -2.17. The lowest BCUT2D eigenvalue weighted by Gasteiger charge is -2.16. The van der Waals surface area contributed by atoms with Crippen LogP contribution >= 0.6 is 0 Å². The first kappa shape index (κ1) is 14.5. The van der Waals surface area contributed by atoms with Crippen molar-refractivity contribution >= 4 is 0 Å². The third-order valence-electron chi connectivity index (χ3n) is 3.72. The molecule has 0 aliphatic carbocycles. The van der Waals surface area contributed by atoms with Gasteiger partial charge in [0.15, 0.2) is 5.76 Å². The van der Waals surface area contributed by atoms with Crippen molar-refractivity contribution in [1.82, 2.24) is 9.88 Å². The zero-order chi connectivity index (χ0) is 15.4. The van der Waals surface area contributed by atoms with Crippen LogP contribution in [0.1, 0.15) is 17.0 Å². The molecule has 22 heavy (non-hydrogen) atoms. The van der Waals surface area contributed by atoms with E-state index in [4.69, 9.17) is 4.42 Å². The van der Waals surface area contributed by atoms with Gasteiger partial charge >= 0.3 is 0 Å². The van der Waals surface area contributed by atoms with E-state index in [0.717, 1.165) is 23.8 Å². The molecule has 0 amide bonds. The quantitative estimate of drug-likeness (QED) is 0.703. The molecule has 0 saturated heterocycles. The standard InChI is InChI=1S/C19H20N2O/c1-15-8-6-7-11-17(15)13-21(2)14-19-20-12-18(22-19)16-9-4-3-5-10-16/h3-12H,13-14H2,1-2H3. The number of nitrogens with zero attached hydrogens (tertiary/aromatic N) is 2. The van der Waals surface area contributed by atoms with Crippen molar-refractivity contribution in [3.05, 3.63) is 77.8 Å². The van der Waals surface area contributed by atoms with Gasteiger partial charge in [-0.2, -0.15) is 0 Å². The number of hydrogen-bond acceptors (Lipinski definition) is 3. The van der Waals surface area contributed by atoms with Gasteiger partial charge < -0.3 is 4.42 Å². The predicted octanol–water partition coefficient (Wildman–Crippen LogP) is 4.28. The summed E-state index contributed by atoms with van der Waals surface area (Å²) in [5.41, 5.74) is 3.70. The Labute approximate surface area is 131 Å². The zero-order valence-corrected chi connectivity index (χ0v) is 13.0. The molecule has 2 aromatic carbocycles. The fraction of sp³-hybridized carbons (Fsp3) is 0.211. The second-order valence-electron chi connectivity index (χ2n) is 5.58. The Bertz CT molecular complexity index is 734. The Kier molecular flexibility index (Phi) is 4.35. The molecule has 0 radical (unpaired) electrons. The van der Waals surface area contributed by atoms with Gasteiger partial charge in [-0.15, -0.1) is 0 Å². The van der Waals surface area contributed by atoms with Crippen LogP contribution in [-0.4, -0.2) is 16.9 Å². The molecule has 3 heteroatoms. The molecule has 3 aromatic rings. The highest BCUT2D eigenvalue weighted by Gasteiger charge is 2.09. The molecular formula is C19H20N2O. The summed E-state index contributed by atoms with van der Waals surface area (Å²) in [4.78, 5) is 6.60. The molecule has 3 rings (SSSR count). The van der Waals surface area contributed by atoms with E-state index in [0.29, 0.717) is 6.54 Å². The maximum atomic E-state index is 5.86. The summed E-state index contributed by atoms with van der Waals surface area (Å²) in [5, 5.41) is 0. The highest BCUT2D eigenvalue weighted by atomic mass is 16.4. The number of benzene rings is 2. The SMILES string of the molecule is Cc1ccccc1CN(C)Cc1ncc(-c2ccccc2)o1. The van der Waals surface area contributed by atoms with Crippen molar-refractivity contribution in [2.75, 3.05) is 7.05 Å². The molecule has 1 heterocycles. The van der Waals surface area contributed by atoms with E-state index < -0.39 is 0 Å². The monoisotopic (exact) mass is 292 g/mol. The molecule has 0 bridgehead atoms. The van der Waals surface area contributed by atoms with Crippen LogP contribution in [0, 0.1) is 6.92 Å². The Morgan fingerprint density at radius 1 is 0.955 bits per heavy atom. The predicted molar refractivity (Wildman–Crippen MR) is 88.3 cm³/mol. The van der Waals surface area contributed by atoms with Crippen molar-refractivity contribution < 1.29 is 4.42 Å². The summed E-state index contributed by atoms with van der Waals surface area (Å²) in [6, 6.07) is 18.5. The molecule has 0 aliphatic rings. The molecule has 1 aromatic heterocycles. The van der Waals surface area contributed by atoms with E-state index in [1.165, 1.54) is 11.1 Å². The normalized spacial score (nSPS) is 11.0. The summed E-state index contributed by atoms with van der Waals surface area (Å²) < 4.78 is 5.86. The van der Waals surface area contributed by atoms with E-state index in [2.05, 4.69) is 48.1 Å². The topological polar surface area (TPSA) is 29.3 Å². The number of rotatable bonds is 5. The first-order valence-electron chi connectivity index (χ1n) is 7.45. The number of aryl methyl sites for hydroxylation is 1. The minimum Gasteiger partial charge on any atom is -0.439 e. The van der Waals surface area contributed by atoms with Crippen molar-refractivity contribution in [1.29, 1.82) is 0 Å². The van der Waals surface area contributed by atoms with Gasteiger partial charge in [-0.3, -0.25) is 4.90 Å². The Morgan fingerprint density at radius 2 is 1.68 bits per heavy atom. The number of aromatic nitrogens is 1. The van der Waals surface area contributed by atoms with Crippen LogP contribution in [0.4, 0.5) is 0 Å². The molecule has 112 valence electrons. The van der Waals surface area contributed by atoms with E-state index >= 15 is 0 Å². The molecule has 3 nitrogen and oxygen atoms in total. The van der Waals surface area contributed by atoms with Gasteiger partial charge in [-0.25, -0.2) is 4.98 Å². The first-order valence-corrected chi connectivity index (χ1v) is 7.45. The van der Waals surface area contributed by atoms with Crippen LogP contribution in [0.2, 0.25) is 0 Å². The Morgan fingerprint density at radius 3 is 2.45 bits per heavy atom. The molecule has 0 atom stereocenters. The van der Waals surface area contributed by atoms with Crippen molar-refractivity contribution in [3.63, 3.8) is 0 Å². The maximum Gasteiger partial charge on any atom is 0.209 e. The van der Waals surface area contributed by atoms with Crippen molar-refractivity contribution in [3.8, 4) is 11.3 Å². The fourth-order valence-corrected chi connectivity index (χ4v) is 2.48. The summed E-state index contributed by atoms with van der Waals surface area (Å²) in [6.45, 7) is 3.72. The van der Waals surface area contributed by atoms with Crippen LogP contribution in [-0.2, 0) is 13.1 Å². The van der Waals surface area contributed by atoms with Crippen molar-refractivity contribution in [2.24, 2.45) is 0 Å². The molecule has 0 N–H and O–H groups in total. The fourth-order valence-electron chi connectivity index (χ4n) is 2.48. The minimum atomic E-state index is 0.696. The summed E-state index contributed by atoms with van der Waals surface area (Å²) >= 11 is 0. The van der Waals surface area contributed by atoms with Gasteiger partial charge in [-0.05, 0) is 25.1 Å². The van der Waals surface area contributed by atoms with Crippen LogP contribution in [0.5, 0.6) is 0 Å². The van der Waals surface area contributed by atoms with Gasteiger partial charge in [-0.1, -0.05) is 54.6 Å².